The van der Waals surface area contributed by atoms with E-state index >= 15 is 0 Å². The number of carbonyl (C=O) groups is 1. The minimum absolute atomic E-state index is 0.0473. The number of benzene rings is 2. The van der Waals surface area contributed by atoms with Crippen molar-refractivity contribution < 1.29 is 13.9 Å². The van der Waals surface area contributed by atoms with E-state index in [1.807, 2.05) is 61.7 Å². The zero-order valence-corrected chi connectivity index (χ0v) is 20.2. The topological polar surface area (TPSA) is 83.0 Å². The molecular formula is C26H22FN5O2S. The van der Waals surface area contributed by atoms with Crippen molar-refractivity contribution in [3.63, 3.8) is 0 Å². The van der Waals surface area contributed by atoms with Crippen LogP contribution in [0.5, 0.6) is 5.75 Å². The Hall–Kier alpha value is -3.98. The molecule has 9 heteroatoms. The number of aryl methyl sites for hydroxylation is 2. The number of carbonyl (C=O) groups excluding carboxylic acids is 1. The molecule has 2 aliphatic rings. The predicted octanol–water partition coefficient (Wildman–Crippen LogP) is 5.24. The first kappa shape index (κ1) is 22.8. The molecule has 3 aromatic rings. The molecule has 0 fully saturated rings. The van der Waals surface area contributed by atoms with Gasteiger partial charge in [0.2, 0.25) is 5.17 Å². The summed E-state index contributed by atoms with van der Waals surface area (Å²) in [5.41, 5.74) is 4.28. The third-order valence-electron chi connectivity index (χ3n) is 5.78. The fourth-order valence-corrected chi connectivity index (χ4v) is 4.85. The van der Waals surface area contributed by atoms with Crippen LogP contribution in [-0.4, -0.2) is 38.1 Å². The first-order valence-corrected chi connectivity index (χ1v) is 11.8. The number of para-hydroxylation sites is 1. The van der Waals surface area contributed by atoms with Gasteiger partial charge < -0.3 is 9.30 Å². The molecule has 0 aliphatic carbocycles. The number of hydrogen-bond acceptors (Lipinski definition) is 5. The fourth-order valence-electron chi connectivity index (χ4n) is 4.05. The van der Waals surface area contributed by atoms with Gasteiger partial charge in [-0.05, 0) is 80.1 Å². The Kier molecular flexibility index (Phi) is 5.86. The molecule has 1 N–H and O–H groups in total. The van der Waals surface area contributed by atoms with Crippen molar-refractivity contribution in [2.45, 2.75) is 20.8 Å². The molecule has 176 valence electrons. The van der Waals surface area contributed by atoms with Gasteiger partial charge in [-0.15, -0.1) is 0 Å². The molecule has 2 aromatic carbocycles. The lowest BCUT2D eigenvalue weighted by molar-refractivity contribution is -0.114. The van der Waals surface area contributed by atoms with Crippen LogP contribution in [0.2, 0.25) is 0 Å². The predicted molar refractivity (Wildman–Crippen MR) is 137 cm³/mol. The van der Waals surface area contributed by atoms with Crippen molar-refractivity contribution in [3.8, 4) is 11.4 Å². The van der Waals surface area contributed by atoms with Crippen LogP contribution in [0.1, 0.15) is 22.5 Å². The summed E-state index contributed by atoms with van der Waals surface area (Å²) in [6.45, 7) is 5.97. The number of aromatic nitrogens is 1. The molecular weight excluding hydrogens is 465 g/mol. The normalized spacial score (nSPS) is 16.5. The lowest BCUT2D eigenvalue weighted by Gasteiger charge is -2.20. The Morgan fingerprint density at radius 1 is 1.11 bits per heavy atom. The van der Waals surface area contributed by atoms with Crippen LogP contribution in [0.3, 0.4) is 0 Å². The molecule has 0 radical (unpaired) electrons. The van der Waals surface area contributed by atoms with Crippen LogP contribution in [0, 0.1) is 32.0 Å². The van der Waals surface area contributed by atoms with Gasteiger partial charge in [-0.3, -0.25) is 10.2 Å². The number of ether oxygens (including phenoxy) is 1. The van der Waals surface area contributed by atoms with Gasteiger partial charge in [0.15, 0.2) is 5.84 Å². The molecule has 7 nitrogen and oxygen atoms in total. The molecule has 35 heavy (non-hydrogen) atoms. The number of nitrogens with zero attached hydrogens (tertiary/aromatic N) is 4. The minimum Gasteiger partial charge on any atom is -0.486 e. The van der Waals surface area contributed by atoms with E-state index in [9.17, 15) is 9.18 Å². The fraction of sp³-hybridized carbons (Fsp3) is 0.154. The maximum absolute atomic E-state index is 13.8. The summed E-state index contributed by atoms with van der Waals surface area (Å²) in [4.78, 5) is 17.0. The van der Waals surface area contributed by atoms with Gasteiger partial charge in [-0.1, -0.05) is 24.3 Å². The van der Waals surface area contributed by atoms with E-state index in [1.165, 1.54) is 28.9 Å². The lowest BCUT2D eigenvalue weighted by atomic mass is 10.1. The standard InChI is InChI=1S/C26H22FN5O2S/c1-15-7-4-5-10-22(15)34-14-23-30-32-24(28)21(25(33)29-26(32)35-23)12-18-11-16(2)31(17(18)3)20-9-6-8-19(27)13-20/h4-13,28H,14H2,1-3H3/b21-12-,28-24?. The first-order chi connectivity index (χ1) is 16.8. The summed E-state index contributed by atoms with van der Waals surface area (Å²) < 4.78 is 21.6. The van der Waals surface area contributed by atoms with Crippen molar-refractivity contribution >= 4 is 39.8 Å². The second-order valence-electron chi connectivity index (χ2n) is 8.21. The van der Waals surface area contributed by atoms with Crippen molar-refractivity contribution in [1.82, 2.24) is 9.58 Å². The molecule has 0 spiro atoms. The molecule has 0 saturated heterocycles. The summed E-state index contributed by atoms with van der Waals surface area (Å²) in [6, 6.07) is 15.9. The molecule has 1 aromatic heterocycles. The van der Waals surface area contributed by atoms with Gasteiger partial charge in [0.25, 0.3) is 5.91 Å². The smallest absolute Gasteiger partial charge is 0.283 e. The number of rotatable bonds is 5. The average Bonchev–Trinajstić information content (AvgIpc) is 3.35. The molecule has 0 bridgehead atoms. The van der Waals surface area contributed by atoms with Crippen molar-refractivity contribution in [2.24, 2.45) is 10.1 Å². The average molecular weight is 488 g/mol. The van der Waals surface area contributed by atoms with E-state index in [4.69, 9.17) is 10.1 Å². The molecule has 0 unspecified atom stereocenters. The van der Waals surface area contributed by atoms with Crippen LogP contribution >= 0.6 is 11.8 Å². The Bertz CT molecular complexity index is 1470. The highest BCUT2D eigenvalue weighted by Crippen LogP contribution is 2.30. The van der Waals surface area contributed by atoms with Gasteiger partial charge in [-0.25, -0.2) is 4.39 Å². The van der Waals surface area contributed by atoms with E-state index in [1.54, 1.807) is 12.1 Å². The number of amidine groups is 2. The summed E-state index contributed by atoms with van der Waals surface area (Å²) in [5.74, 6) is -0.120. The molecule has 3 heterocycles. The van der Waals surface area contributed by atoms with Gasteiger partial charge in [-0.2, -0.15) is 15.1 Å². The van der Waals surface area contributed by atoms with Crippen molar-refractivity contribution in [2.75, 3.05) is 6.61 Å². The highest BCUT2D eigenvalue weighted by Gasteiger charge is 2.36. The maximum atomic E-state index is 13.8. The Morgan fingerprint density at radius 2 is 1.91 bits per heavy atom. The SMILES string of the molecule is Cc1ccccc1OCC1=NN2C(=N)/C(=C/c3cc(C)n(-c4cccc(F)c4)c3C)C(=O)N=C2S1. The van der Waals surface area contributed by atoms with E-state index in [0.29, 0.717) is 15.9 Å². The molecule has 0 saturated carbocycles. The third kappa shape index (κ3) is 4.30. The zero-order chi connectivity index (χ0) is 24.7. The van der Waals surface area contributed by atoms with Crippen LogP contribution in [0.15, 0.2) is 70.3 Å². The number of aliphatic imine (C=N–C) groups is 1. The van der Waals surface area contributed by atoms with Crippen LogP contribution in [-0.2, 0) is 4.79 Å². The second kappa shape index (κ2) is 8.99. The van der Waals surface area contributed by atoms with Crippen molar-refractivity contribution in [1.29, 1.82) is 5.41 Å². The molecule has 1 amide bonds. The number of nitrogens with one attached hydrogen (secondary N) is 1. The third-order valence-corrected chi connectivity index (χ3v) is 6.66. The monoisotopic (exact) mass is 487 g/mol. The minimum atomic E-state index is -0.499. The number of amides is 1. The number of halogens is 1. The summed E-state index contributed by atoms with van der Waals surface area (Å²) in [5, 5.41) is 15.4. The zero-order valence-electron chi connectivity index (χ0n) is 19.4. The highest BCUT2D eigenvalue weighted by molar-refractivity contribution is 8.27. The summed E-state index contributed by atoms with van der Waals surface area (Å²) in [7, 11) is 0. The summed E-state index contributed by atoms with van der Waals surface area (Å²) >= 11 is 1.22. The molecule has 0 atom stereocenters. The van der Waals surface area contributed by atoms with E-state index < -0.39 is 5.91 Å². The Labute approximate surface area is 206 Å². The Balaban J connectivity index is 1.41. The van der Waals surface area contributed by atoms with Gasteiger partial charge in [0.1, 0.15) is 23.2 Å². The van der Waals surface area contributed by atoms with Gasteiger partial charge in [0, 0.05) is 17.1 Å². The second-order valence-corrected chi connectivity index (χ2v) is 9.25. The van der Waals surface area contributed by atoms with Crippen LogP contribution < -0.4 is 4.74 Å². The van der Waals surface area contributed by atoms with Gasteiger partial charge >= 0.3 is 0 Å². The number of thioether (sulfide) groups is 1. The van der Waals surface area contributed by atoms with Crippen LogP contribution in [0.4, 0.5) is 4.39 Å². The first-order valence-electron chi connectivity index (χ1n) is 10.9. The molecule has 2 aliphatic heterocycles. The number of fused-ring (bicyclic) bond motifs is 1. The van der Waals surface area contributed by atoms with E-state index in [2.05, 4.69) is 10.1 Å². The maximum Gasteiger partial charge on any atom is 0.283 e. The molecule has 5 rings (SSSR count). The highest BCUT2D eigenvalue weighted by atomic mass is 32.2. The quantitative estimate of drug-likeness (QED) is 0.499. The lowest BCUT2D eigenvalue weighted by Crippen LogP contribution is -2.35. The van der Waals surface area contributed by atoms with Crippen molar-refractivity contribution in [3.05, 3.63) is 88.5 Å². The van der Waals surface area contributed by atoms with E-state index in [-0.39, 0.29) is 23.8 Å². The number of hydrazone groups is 1. The van der Waals surface area contributed by atoms with E-state index in [0.717, 1.165) is 28.3 Å². The largest absolute Gasteiger partial charge is 0.486 e. The Morgan fingerprint density at radius 3 is 2.69 bits per heavy atom. The number of hydrogen-bond donors (Lipinski definition) is 1. The van der Waals surface area contributed by atoms with Crippen LogP contribution in [0.25, 0.3) is 11.8 Å². The summed E-state index contributed by atoms with van der Waals surface area (Å²) in [6.07, 6.45) is 1.64. The van der Waals surface area contributed by atoms with Gasteiger partial charge in [0.05, 0.1) is 5.57 Å².